The standard InChI is InChI=1S/C14H20N2O3/c1-2-18-14(17)11-19-13-5-3-12(4-6-13)16-9-7-15-8-10-16/h3-6,15H,2,7-11H2,1H3. The van der Waals surface area contributed by atoms with Gasteiger partial charge >= 0.3 is 5.97 Å². The lowest BCUT2D eigenvalue weighted by Crippen LogP contribution is -2.43. The van der Waals surface area contributed by atoms with E-state index in [-0.39, 0.29) is 12.6 Å². The van der Waals surface area contributed by atoms with Crippen molar-refractivity contribution in [2.45, 2.75) is 6.92 Å². The number of esters is 1. The van der Waals surface area contributed by atoms with Crippen molar-refractivity contribution in [2.24, 2.45) is 0 Å². The third kappa shape index (κ3) is 4.13. The Kier molecular flexibility index (Phi) is 5.03. The van der Waals surface area contributed by atoms with E-state index in [1.807, 2.05) is 24.3 Å². The molecule has 1 aromatic carbocycles. The van der Waals surface area contributed by atoms with Crippen molar-refractivity contribution in [2.75, 3.05) is 44.3 Å². The number of piperazine rings is 1. The monoisotopic (exact) mass is 264 g/mol. The number of hydrogen-bond donors (Lipinski definition) is 1. The van der Waals surface area contributed by atoms with Crippen LogP contribution in [0.25, 0.3) is 0 Å². The second-order valence-corrected chi connectivity index (χ2v) is 4.32. The first-order valence-corrected chi connectivity index (χ1v) is 6.63. The zero-order chi connectivity index (χ0) is 13.5. The van der Waals surface area contributed by atoms with E-state index >= 15 is 0 Å². The maximum absolute atomic E-state index is 11.2. The number of benzene rings is 1. The fourth-order valence-corrected chi connectivity index (χ4v) is 2.02. The maximum atomic E-state index is 11.2. The minimum atomic E-state index is -0.339. The van der Waals surface area contributed by atoms with Gasteiger partial charge in [0.1, 0.15) is 5.75 Å². The summed E-state index contributed by atoms with van der Waals surface area (Å²) in [6.07, 6.45) is 0. The molecule has 0 atom stereocenters. The molecule has 1 heterocycles. The largest absolute Gasteiger partial charge is 0.482 e. The number of hydrogen-bond acceptors (Lipinski definition) is 5. The van der Waals surface area contributed by atoms with Crippen LogP contribution >= 0.6 is 0 Å². The molecule has 0 aromatic heterocycles. The van der Waals surface area contributed by atoms with Gasteiger partial charge in [-0.25, -0.2) is 4.79 Å². The van der Waals surface area contributed by atoms with E-state index in [0.717, 1.165) is 26.2 Å². The summed E-state index contributed by atoms with van der Waals surface area (Å²) in [6.45, 7) is 6.18. The van der Waals surface area contributed by atoms with E-state index in [9.17, 15) is 4.79 Å². The fraction of sp³-hybridized carbons (Fsp3) is 0.500. The quantitative estimate of drug-likeness (QED) is 0.805. The summed E-state index contributed by atoms with van der Waals surface area (Å²) in [5, 5.41) is 3.32. The Bertz CT molecular complexity index is 400. The summed E-state index contributed by atoms with van der Waals surface area (Å²) in [7, 11) is 0. The van der Waals surface area contributed by atoms with Crippen LogP contribution in [0.2, 0.25) is 0 Å². The second-order valence-electron chi connectivity index (χ2n) is 4.32. The molecule has 5 heteroatoms. The summed E-state index contributed by atoms with van der Waals surface area (Å²) in [5.41, 5.74) is 1.19. The highest BCUT2D eigenvalue weighted by Gasteiger charge is 2.10. The van der Waals surface area contributed by atoms with E-state index in [4.69, 9.17) is 9.47 Å². The minimum absolute atomic E-state index is 0.0409. The van der Waals surface area contributed by atoms with Crippen LogP contribution in [0.15, 0.2) is 24.3 Å². The van der Waals surface area contributed by atoms with Crippen molar-refractivity contribution in [1.82, 2.24) is 5.32 Å². The van der Waals surface area contributed by atoms with Crippen LogP contribution in [0.5, 0.6) is 5.75 Å². The highest BCUT2D eigenvalue weighted by atomic mass is 16.6. The molecule has 2 rings (SSSR count). The normalized spacial score (nSPS) is 15.1. The molecule has 1 saturated heterocycles. The Hall–Kier alpha value is -1.75. The van der Waals surface area contributed by atoms with Gasteiger partial charge in [0.2, 0.25) is 0 Å². The molecule has 0 amide bonds. The van der Waals surface area contributed by atoms with Gasteiger partial charge in [-0.05, 0) is 31.2 Å². The Morgan fingerprint density at radius 3 is 2.58 bits per heavy atom. The van der Waals surface area contributed by atoms with Gasteiger partial charge in [-0.3, -0.25) is 0 Å². The van der Waals surface area contributed by atoms with E-state index in [2.05, 4.69) is 10.2 Å². The molecule has 0 radical (unpaired) electrons. The van der Waals surface area contributed by atoms with Gasteiger partial charge < -0.3 is 19.7 Å². The van der Waals surface area contributed by atoms with E-state index in [1.165, 1.54) is 5.69 Å². The number of carbonyl (C=O) groups excluding carboxylic acids is 1. The number of anilines is 1. The SMILES string of the molecule is CCOC(=O)COc1ccc(N2CCNCC2)cc1. The summed E-state index contributed by atoms with van der Waals surface area (Å²) >= 11 is 0. The van der Waals surface area contributed by atoms with Crippen LogP contribution in [0.4, 0.5) is 5.69 Å². The average molecular weight is 264 g/mol. The van der Waals surface area contributed by atoms with Gasteiger partial charge in [0, 0.05) is 31.9 Å². The van der Waals surface area contributed by atoms with Crippen LogP contribution in [-0.4, -0.2) is 45.4 Å². The van der Waals surface area contributed by atoms with E-state index in [1.54, 1.807) is 6.92 Å². The molecule has 1 fully saturated rings. The highest BCUT2D eigenvalue weighted by Crippen LogP contribution is 2.19. The number of rotatable bonds is 5. The minimum Gasteiger partial charge on any atom is -0.482 e. The zero-order valence-electron chi connectivity index (χ0n) is 11.2. The summed E-state index contributed by atoms with van der Waals surface area (Å²) in [6, 6.07) is 7.81. The molecule has 1 aliphatic heterocycles. The highest BCUT2D eigenvalue weighted by molar-refractivity contribution is 5.71. The molecule has 5 nitrogen and oxygen atoms in total. The van der Waals surface area contributed by atoms with Crippen LogP contribution in [0, 0.1) is 0 Å². The Morgan fingerprint density at radius 1 is 1.26 bits per heavy atom. The lowest BCUT2D eigenvalue weighted by atomic mass is 10.2. The lowest BCUT2D eigenvalue weighted by molar-refractivity contribution is -0.145. The summed E-state index contributed by atoms with van der Waals surface area (Å²) < 4.78 is 10.2. The van der Waals surface area contributed by atoms with E-state index < -0.39 is 0 Å². The zero-order valence-corrected chi connectivity index (χ0v) is 11.2. The van der Waals surface area contributed by atoms with Crippen LogP contribution in [-0.2, 0) is 9.53 Å². The first-order chi connectivity index (χ1) is 9.29. The van der Waals surface area contributed by atoms with Crippen LogP contribution in [0.3, 0.4) is 0 Å². The third-order valence-corrected chi connectivity index (χ3v) is 2.98. The molecule has 0 unspecified atom stereocenters. The predicted octanol–water partition coefficient (Wildman–Crippen LogP) is 1.04. The molecule has 104 valence electrons. The van der Waals surface area contributed by atoms with Gasteiger partial charge in [-0.15, -0.1) is 0 Å². The van der Waals surface area contributed by atoms with Crippen molar-refractivity contribution < 1.29 is 14.3 Å². The summed E-state index contributed by atoms with van der Waals surface area (Å²) in [5.74, 6) is 0.348. The van der Waals surface area contributed by atoms with Gasteiger partial charge in [0.25, 0.3) is 0 Å². The molecule has 1 N–H and O–H groups in total. The van der Waals surface area contributed by atoms with Gasteiger partial charge in [0.15, 0.2) is 6.61 Å². The summed E-state index contributed by atoms with van der Waals surface area (Å²) in [4.78, 5) is 13.5. The average Bonchev–Trinajstić information content (AvgIpc) is 2.47. The first-order valence-electron chi connectivity index (χ1n) is 6.63. The van der Waals surface area contributed by atoms with Gasteiger partial charge in [0.05, 0.1) is 6.61 Å². The maximum Gasteiger partial charge on any atom is 0.344 e. The Morgan fingerprint density at radius 2 is 1.95 bits per heavy atom. The van der Waals surface area contributed by atoms with E-state index in [0.29, 0.717) is 12.4 Å². The number of carbonyl (C=O) groups is 1. The van der Waals surface area contributed by atoms with Gasteiger partial charge in [-0.2, -0.15) is 0 Å². The fourth-order valence-electron chi connectivity index (χ4n) is 2.02. The molecular weight excluding hydrogens is 244 g/mol. The first kappa shape index (κ1) is 13.7. The smallest absolute Gasteiger partial charge is 0.344 e. The molecule has 0 bridgehead atoms. The second kappa shape index (κ2) is 6.99. The van der Waals surface area contributed by atoms with Gasteiger partial charge in [-0.1, -0.05) is 0 Å². The molecular formula is C14H20N2O3. The number of ether oxygens (including phenoxy) is 2. The molecule has 0 saturated carbocycles. The number of nitrogens with zero attached hydrogens (tertiary/aromatic N) is 1. The van der Waals surface area contributed by atoms with Crippen molar-refractivity contribution in [3.05, 3.63) is 24.3 Å². The molecule has 19 heavy (non-hydrogen) atoms. The third-order valence-electron chi connectivity index (χ3n) is 2.98. The molecule has 0 spiro atoms. The van der Waals surface area contributed by atoms with Crippen molar-refractivity contribution in [3.8, 4) is 5.75 Å². The molecule has 1 aromatic rings. The Balaban J connectivity index is 1.85. The molecule has 0 aliphatic carbocycles. The topological polar surface area (TPSA) is 50.8 Å². The predicted molar refractivity (Wildman–Crippen MR) is 73.7 cm³/mol. The van der Waals surface area contributed by atoms with Crippen LogP contribution < -0.4 is 15.0 Å². The van der Waals surface area contributed by atoms with Crippen molar-refractivity contribution in [1.29, 1.82) is 0 Å². The van der Waals surface area contributed by atoms with Crippen LogP contribution in [0.1, 0.15) is 6.92 Å². The Labute approximate surface area is 113 Å². The van der Waals surface area contributed by atoms with Crippen molar-refractivity contribution >= 4 is 11.7 Å². The molecule has 1 aliphatic rings. The lowest BCUT2D eigenvalue weighted by Gasteiger charge is -2.29. The van der Waals surface area contributed by atoms with Crippen molar-refractivity contribution in [3.63, 3.8) is 0 Å². The number of nitrogens with one attached hydrogen (secondary N) is 1.